The van der Waals surface area contributed by atoms with Crippen molar-refractivity contribution >= 4 is 5.71 Å². The molecule has 3 rings (SSSR count). The van der Waals surface area contributed by atoms with Crippen LogP contribution >= 0.6 is 0 Å². The van der Waals surface area contributed by atoms with E-state index >= 15 is 0 Å². The first-order chi connectivity index (χ1) is 6.95. The zero-order valence-corrected chi connectivity index (χ0v) is 8.63. The van der Waals surface area contributed by atoms with Crippen LogP contribution in [0.1, 0.15) is 38.5 Å². The Labute approximate surface area is 85.6 Å². The molecule has 0 N–H and O–H groups in total. The lowest BCUT2D eigenvalue weighted by molar-refractivity contribution is 0.564. The van der Waals surface area contributed by atoms with Crippen molar-refractivity contribution in [3.8, 4) is 0 Å². The first kappa shape index (κ1) is 8.46. The second-order valence-electron chi connectivity index (χ2n) is 4.61. The number of hydrogen-bond acceptors (Lipinski definition) is 1. The molecule has 0 spiro atoms. The lowest BCUT2D eigenvalue weighted by Gasteiger charge is -2.32. The maximum atomic E-state index is 4.76. The van der Waals surface area contributed by atoms with E-state index in [1.54, 1.807) is 11.1 Å². The predicted octanol–water partition coefficient (Wildman–Crippen LogP) is 3.28. The fourth-order valence-electron chi connectivity index (χ4n) is 2.98. The van der Waals surface area contributed by atoms with Gasteiger partial charge in [0.05, 0.1) is 6.54 Å². The summed E-state index contributed by atoms with van der Waals surface area (Å²) in [6.45, 7) is 1.01. The van der Waals surface area contributed by atoms with Gasteiger partial charge < -0.3 is 0 Å². The first-order valence-electron chi connectivity index (χ1n) is 5.87. The van der Waals surface area contributed by atoms with Crippen LogP contribution in [0.15, 0.2) is 28.3 Å². The molecular weight excluding hydrogens is 170 g/mol. The first-order valence-corrected chi connectivity index (χ1v) is 5.87. The van der Waals surface area contributed by atoms with Gasteiger partial charge in [-0.1, -0.05) is 18.6 Å². The van der Waals surface area contributed by atoms with Crippen molar-refractivity contribution in [1.29, 1.82) is 0 Å². The molecule has 0 aromatic rings. The Hall–Kier alpha value is -0.850. The monoisotopic (exact) mass is 187 g/mol. The van der Waals surface area contributed by atoms with Crippen LogP contribution in [-0.2, 0) is 0 Å². The third-order valence-corrected chi connectivity index (χ3v) is 3.74. The lowest BCUT2D eigenvalue weighted by Crippen LogP contribution is -2.26. The molecule has 2 aliphatic carbocycles. The molecule has 1 saturated carbocycles. The second kappa shape index (κ2) is 3.38. The van der Waals surface area contributed by atoms with E-state index in [0.717, 1.165) is 6.54 Å². The summed E-state index contributed by atoms with van der Waals surface area (Å²) < 4.78 is 0. The molecule has 0 saturated heterocycles. The molecule has 0 amide bonds. The molecule has 0 bridgehead atoms. The molecule has 1 fully saturated rings. The minimum absolute atomic E-state index is 0.712. The highest BCUT2D eigenvalue weighted by molar-refractivity contribution is 5.91. The fraction of sp³-hybridized carbons (Fsp3) is 0.615. The van der Waals surface area contributed by atoms with Crippen molar-refractivity contribution in [3.05, 3.63) is 23.3 Å². The topological polar surface area (TPSA) is 12.4 Å². The van der Waals surface area contributed by atoms with E-state index in [1.807, 2.05) is 0 Å². The van der Waals surface area contributed by atoms with E-state index in [-0.39, 0.29) is 0 Å². The molecule has 3 aliphatic rings. The molecule has 1 heteroatoms. The number of nitrogens with zero attached hydrogens (tertiary/aromatic N) is 1. The summed E-state index contributed by atoms with van der Waals surface area (Å²) >= 11 is 0. The largest absolute Gasteiger partial charge is 0.289 e. The molecule has 1 atom stereocenters. The van der Waals surface area contributed by atoms with Crippen molar-refractivity contribution in [2.24, 2.45) is 10.9 Å². The van der Waals surface area contributed by atoms with Gasteiger partial charge >= 0.3 is 0 Å². The van der Waals surface area contributed by atoms with Crippen LogP contribution in [-0.4, -0.2) is 12.3 Å². The van der Waals surface area contributed by atoms with Gasteiger partial charge in [-0.2, -0.15) is 0 Å². The predicted molar refractivity (Wildman–Crippen MR) is 59.7 cm³/mol. The summed E-state index contributed by atoms with van der Waals surface area (Å²) in [6, 6.07) is 0. The Balaban J connectivity index is 1.94. The van der Waals surface area contributed by atoms with Crippen LogP contribution in [0.25, 0.3) is 0 Å². The Morgan fingerprint density at radius 2 is 2.21 bits per heavy atom. The van der Waals surface area contributed by atoms with Crippen molar-refractivity contribution in [1.82, 2.24) is 0 Å². The summed E-state index contributed by atoms with van der Waals surface area (Å²) in [5.74, 6) is 0.712. The molecule has 1 heterocycles. The molecule has 0 radical (unpaired) electrons. The Morgan fingerprint density at radius 3 is 3.21 bits per heavy atom. The van der Waals surface area contributed by atoms with Gasteiger partial charge in [-0.15, -0.1) is 0 Å². The number of allylic oxidation sites excluding steroid dienone is 3. The molecule has 14 heavy (non-hydrogen) atoms. The molecule has 0 aromatic heterocycles. The molecule has 1 unspecified atom stereocenters. The van der Waals surface area contributed by atoms with E-state index in [4.69, 9.17) is 4.99 Å². The summed E-state index contributed by atoms with van der Waals surface area (Å²) in [6.07, 6.45) is 12.6. The van der Waals surface area contributed by atoms with Gasteiger partial charge in [0, 0.05) is 11.6 Å². The minimum atomic E-state index is 0.712. The number of fused-ring (bicyclic) bond motifs is 2. The lowest BCUT2D eigenvalue weighted by atomic mass is 9.76. The fourth-order valence-corrected chi connectivity index (χ4v) is 2.98. The highest BCUT2D eigenvalue weighted by Crippen LogP contribution is 2.36. The van der Waals surface area contributed by atoms with E-state index in [0.29, 0.717) is 5.92 Å². The van der Waals surface area contributed by atoms with E-state index in [2.05, 4.69) is 12.2 Å². The zero-order valence-electron chi connectivity index (χ0n) is 8.63. The van der Waals surface area contributed by atoms with E-state index in [9.17, 15) is 0 Å². The van der Waals surface area contributed by atoms with Crippen molar-refractivity contribution in [2.75, 3.05) is 6.54 Å². The van der Waals surface area contributed by atoms with E-state index in [1.165, 1.54) is 44.2 Å². The van der Waals surface area contributed by atoms with Gasteiger partial charge in [0.2, 0.25) is 0 Å². The van der Waals surface area contributed by atoms with Gasteiger partial charge in [0.1, 0.15) is 0 Å². The summed E-state index contributed by atoms with van der Waals surface area (Å²) in [5.41, 5.74) is 4.77. The smallest absolute Gasteiger partial charge is 0.0605 e. The molecule has 0 aromatic carbocycles. The Bertz CT molecular complexity index is 333. The Kier molecular flexibility index (Phi) is 2.04. The number of aliphatic imine (C=N–C) groups is 1. The van der Waals surface area contributed by atoms with Crippen molar-refractivity contribution < 1.29 is 0 Å². The van der Waals surface area contributed by atoms with Crippen LogP contribution in [0.2, 0.25) is 0 Å². The van der Waals surface area contributed by atoms with Crippen molar-refractivity contribution in [3.63, 3.8) is 0 Å². The van der Waals surface area contributed by atoms with Gasteiger partial charge in [-0.05, 0) is 43.3 Å². The number of hydrogen-bond donors (Lipinski definition) is 0. The Morgan fingerprint density at radius 1 is 1.21 bits per heavy atom. The van der Waals surface area contributed by atoms with Crippen LogP contribution in [0, 0.1) is 5.92 Å². The van der Waals surface area contributed by atoms with Gasteiger partial charge in [-0.3, -0.25) is 4.99 Å². The van der Waals surface area contributed by atoms with Crippen LogP contribution < -0.4 is 0 Å². The average Bonchev–Trinajstić information content (AvgIpc) is 2.29. The second-order valence-corrected chi connectivity index (χ2v) is 4.61. The number of rotatable bonds is 0. The summed E-state index contributed by atoms with van der Waals surface area (Å²) in [7, 11) is 0. The standard InChI is InChI=1S/C13H17N/c1-2-6-11-10(5-1)9-14-13-8-4-3-7-12(11)13/h2,6,12H,1,3-5,7-9H2. The third kappa shape index (κ3) is 1.26. The molecule has 74 valence electrons. The van der Waals surface area contributed by atoms with Gasteiger partial charge in [0.15, 0.2) is 0 Å². The number of dihydropyridines is 1. The van der Waals surface area contributed by atoms with Crippen LogP contribution in [0.4, 0.5) is 0 Å². The highest BCUT2D eigenvalue weighted by Gasteiger charge is 2.28. The SMILES string of the molecule is C1=CC2=C(CC1)CN=C1CCCCC12. The maximum Gasteiger partial charge on any atom is 0.0605 e. The maximum absolute atomic E-state index is 4.76. The third-order valence-electron chi connectivity index (χ3n) is 3.74. The highest BCUT2D eigenvalue weighted by atomic mass is 14.8. The van der Waals surface area contributed by atoms with Crippen molar-refractivity contribution in [2.45, 2.75) is 38.5 Å². The molecule has 1 nitrogen and oxygen atoms in total. The van der Waals surface area contributed by atoms with E-state index < -0.39 is 0 Å². The van der Waals surface area contributed by atoms with Gasteiger partial charge in [-0.25, -0.2) is 0 Å². The van der Waals surface area contributed by atoms with Crippen LogP contribution in [0.5, 0.6) is 0 Å². The quantitative estimate of drug-likeness (QED) is 0.552. The summed E-state index contributed by atoms with van der Waals surface area (Å²) in [4.78, 5) is 4.76. The van der Waals surface area contributed by atoms with Gasteiger partial charge in [0.25, 0.3) is 0 Å². The molecule has 1 aliphatic heterocycles. The van der Waals surface area contributed by atoms with Crippen LogP contribution in [0.3, 0.4) is 0 Å². The zero-order chi connectivity index (χ0) is 9.38. The normalized spacial score (nSPS) is 30.9. The average molecular weight is 187 g/mol. The summed E-state index contributed by atoms with van der Waals surface area (Å²) in [5, 5.41) is 0. The molecular formula is C13H17N. The minimum Gasteiger partial charge on any atom is -0.289 e.